The molecule has 0 aliphatic rings. The zero-order chi connectivity index (χ0) is 20.3. The highest BCUT2D eigenvalue weighted by Gasteiger charge is 2.19. The third-order valence-electron chi connectivity index (χ3n) is 4.35. The van der Waals surface area contributed by atoms with Gasteiger partial charge in [-0.25, -0.2) is 14.6 Å². The summed E-state index contributed by atoms with van der Waals surface area (Å²) in [5, 5.41) is 5.01. The Hall–Kier alpha value is -3.22. The first kappa shape index (κ1) is 19.5. The van der Waals surface area contributed by atoms with Crippen LogP contribution in [-0.4, -0.2) is 33.3 Å². The van der Waals surface area contributed by atoms with Gasteiger partial charge in [0.25, 0.3) is 0 Å². The largest absolute Gasteiger partial charge is 0.462 e. The molecular formula is C21H23N3O4. The lowest BCUT2D eigenvalue weighted by molar-refractivity contribution is 0.0499. The molecule has 3 aromatic rings. The minimum Gasteiger partial charge on any atom is -0.462 e. The van der Waals surface area contributed by atoms with E-state index in [2.05, 4.69) is 10.1 Å². The zero-order valence-corrected chi connectivity index (χ0v) is 16.5. The molecule has 0 aliphatic heterocycles. The zero-order valence-electron chi connectivity index (χ0n) is 16.5. The summed E-state index contributed by atoms with van der Waals surface area (Å²) in [7, 11) is 1.79. The van der Waals surface area contributed by atoms with Crippen LogP contribution in [-0.2, 0) is 11.8 Å². The van der Waals surface area contributed by atoms with Crippen LogP contribution in [0.2, 0.25) is 0 Å². The van der Waals surface area contributed by atoms with Crippen molar-refractivity contribution >= 4 is 23.0 Å². The Balaban J connectivity index is 1.79. The van der Waals surface area contributed by atoms with Crippen LogP contribution in [0.3, 0.4) is 0 Å². The maximum atomic E-state index is 12.8. The van der Waals surface area contributed by atoms with Gasteiger partial charge in [-0.3, -0.25) is 4.68 Å². The number of benzene rings is 1. The molecule has 0 bridgehead atoms. The van der Waals surface area contributed by atoms with Gasteiger partial charge in [0.15, 0.2) is 5.65 Å². The smallest absolute Gasteiger partial charge is 0.344 e. The van der Waals surface area contributed by atoms with Gasteiger partial charge in [0.1, 0.15) is 5.75 Å². The van der Waals surface area contributed by atoms with Crippen LogP contribution in [0.15, 0.2) is 30.3 Å². The molecule has 0 unspecified atom stereocenters. The molecule has 1 aromatic carbocycles. The van der Waals surface area contributed by atoms with Gasteiger partial charge in [0.2, 0.25) is 0 Å². The lowest BCUT2D eigenvalue weighted by Crippen LogP contribution is -2.11. The van der Waals surface area contributed by atoms with Gasteiger partial charge >= 0.3 is 11.9 Å². The second-order valence-electron chi connectivity index (χ2n) is 6.62. The summed E-state index contributed by atoms with van der Waals surface area (Å²) < 4.78 is 12.3. The Bertz CT molecular complexity index is 1020. The number of unbranched alkanes of at least 4 members (excludes halogenated alkanes) is 1. The lowest BCUT2D eigenvalue weighted by atomic mass is 10.1. The molecule has 146 valence electrons. The summed E-state index contributed by atoms with van der Waals surface area (Å²) in [5.41, 5.74) is 2.88. The molecule has 0 saturated heterocycles. The molecule has 2 aromatic heterocycles. The van der Waals surface area contributed by atoms with Crippen LogP contribution < -0.4 is 4.74 Å². The summed E-state index contributed by atoms with van der Waals surface area (Å²) in [6.45, 7) is 6.07. The van der Waals surface area contributed by atoms with Gasteiger partial charge in [-0.1, -0.05) is 13.3 Å². The molecule has 28 heavy (non-hydrogen) atoms. The van der Waals surface area contributed by atoms with Crippen molar-refractivity contribution in [2.45, 2.75) is 33.6 Å². The summed E-state index contributed by atoms with van der Waals surface area (Å²) in [6, 6.07) is 8.02. The van der Waals surface area contributed by atoms with Crippen molar-refractivity contribution in [3.05, 3.63) is 52.8 Å². The second kappa shape index (κ2) is 8.21. The number of aryl methyl sites for hydroxylation is 3. The number of carbonyl (C=O) groups is 2. The number of nitrogens with zero attached hydrogens (tertiary/aromatic N) is 3. The standard InChI is InChI=1S/C21H23N3O4/c1-5-6-11-27-20(25)15-7-9-16(10-8-15)28-21(26)17-12-13(2)22-19-18(17)14(3)23-24(19)4/h7-10,12H,5-6,11H2,1-4H3. The third kappa shape index (κ3) is 4.03. The van der Waals surface area contributed by atoms with Gasteiger partial charge < -0.3 is 9.47 Å². The number of hydrogen-bond acceptors (Lipinski definition) is 6. The van der Waals surface area contributed by atoms with Crippen LogP contribution in [0.1, 0.15) is 51.9 Å². The van der Waals surface area contributed by atoms with E-state index in [4.69, 9.17) is 9.47 Å². The molecule has 3 rings (SSSR count). The predicted octanol–water partition coefficient (Wildman–Crippen LogP) is 3.76. The van der Waals surface area contributed by atoms with Crippen LogP contribution in [0, 0.1) is 13.8 Å². The first-order valence-corrected chi connectivity index (χ1v) is 9.21. The molecule has 0 spiro atoms. The minimum absolute atomic E-state index is 0.347. The lowest BCUT2D eigenvalue weighted by Gasteiger charge is -2.08. The van der Waals surface area contributed by atoms with E-state index >= 15 is 0 Å². The van der Waals surface area contributed by atoms with E-state index in [0.717, 1.165) is 12.8 Å². The van der Waals surface area contributed by atoms with E-state index in [9.17, 15) is 9.59 Å². The van der Waals surface area contributed by atoms with E-state index in [1.807, 2.05) is 20.8 Å². The minimum atomic E-state index is -0.495. The van der Waals surface area contributed by atoms with E-state index < -0.39 is 5.97 Å². The number of carbonyl (C=O) groups excluding carboxylic acids is 2. The SMILES string of the molecule is CCCCOC(=O)c1ccc(OC(=O)c2cc(C)nc3c2c(C)nn3C)cc1. The van der Waals surface area contributed by atoms with Gasteiger partial charge in [-0.05, 0) is 50.6 Å². The van der Waals surface area contributed by atoms with Gasteiger partial charge in [-0.15, -0.1) is 0 Å². The highest BCUT2D eigenvalue weighted by Crippen LogP contribution is 2.23. The monoisotopic (exact) mass is 381 g/mol. The van der Waals surface area contributed by atoms with Crippen molar-refractivity contribution in [3.63, 3.8) is 0 Å². The molecular weight excluding hydrogens is 358 g/mol. The fourth-order valence-corrected chi connectivity index (χ4v) is 2.94. The fourth-order valence-electron chi connectivity index (χ4n) is 2.94. The van der Waals surface area contributed by atoms with Crippen molar-refractivity contribution in [3.8, 4) is 5.75 Å². The average Bonchev–Trinajstić information content (AvgIpc) is 2.95. The van der Waals surface area contributed by atoms with E-state index in [1.165, 1.54) is 0 Å². The van der Waals surface area contributed by atoms with Crippen molar-refractivity contribution in [1.82, 2.24) is 14.8 Å². The second-order valence-corrected chi connectivity index (χ2v) is 6.62. The number of fused-ring (bicyclic) bond motifs is 1. The summed E-state index contributed by atoms with van der Waals surface area (Å²) in [6.07, 6.45) is 1.79. The molecule has 7 heteroatoms. The highest BCUT2D eigenvalue weighted by atomic mass is 16.5. The summed E-state index contributed by atoms with van der Waals surface area (Å²) in [4.78, 5) is 29.2. The topological polar surface area (TPSA) is 83.3 Å². The van der Waals surface area contributed by atoms with Gasteiger partial charge in [-0.2, -0.15) is 5.10 Å². The van der Waals surface area contributed by atoms with E-state index in [0.29, 0.717) is 45.9 Å². The van der Waals surface area contributed by atoms with Crippen LogP contribution in [0.4, 0.5) is 0 Å². The number of pyridine rings is 1. The number of hydrogen-bond donors (Lipinski definition) is 0. The first-order valence-electron chi connectivity index (χ1n) is 9.21. The van der Waals surface area contributed by atoms with Crippen molar-refractivity contribution < 1.29 is 19.1 Å². The molecule has 0 N–H and O–H groups in total. The van der Waals surface area contributed by atoms with Crippen molar-refractivity contribution in [2.24, 2.45) is 7.05 Å². The Morgan fingerprint density at radius 1 is 1.11 bits per heavy atom. The van der Waals surface area contributed by atoms with E-state index in [-0.39, 0.29) is 5.97 Å². The van der Waals surface area contributed by atoms with E-state index in [1.54, 1.807) is 42.1 Å². The molecule has 7 nitrogen and oxygen atoms in total. The van der Waals surface area contributed by atoms with Crippen molar-refractivity contribution in [1.29, 1.82) is 0 Å². The van der Waals surface area contributed by atoms with Gasteiger partial charge in [0.05, 0.1) is 28.8 Å². The molecule has 0 fully saturated rings. The third-order valence-corrected chi connectivity index (χ3v) is 4.35. The quantitative estimate of drug-likeness (QED) is 0.367. The number of esters is 2. The molecule has 0 amide bonds. The molecule has 2 heterocycles. The Kier molecular flexibility index (Phi) is 5.73. The van der Waals surface area contributed by atoms with Crippen molar-refractivity contribution in [2.75, 3.05) is 6.61 Å². The number of ether oxygens (including phenoxy) is 2. The Morgan fingerprint density at radius 2 is 1.82 bits per heavy atom. The predicted molar refractivity (Wildman–Crippen MR) is 105 cm³/mol. The molecule has 0 radical (unpaired) electrons. The van der Waals surface area contributed by atoms with Crippen LogP contribution in [0.25, 0.3) is 11.0 Å². The number of rotatable bonds is 6. The fraction of sp³-hybridized carbons (Fsp3) is 0.333. The maximum absolute atomic E-state index is 12.8. The molecule has 0 saturated carbocycles. The maximum Gasteiger partial charge on any atom is 0.344 e. The molecule has 0 atom stereocenters. The molecule has 0 aliphatic carbocycles. The Labute approximate surface area is 163 Å². The average molecular weight is 381 g/mol. The highest BCUT2D eigenvalue weighted by molar-refractivity contribution is 6.04. The number of aromatic nitrogens is 3. The summed E-state index contributed by atoms with van der Waals surface area (Å²) in [5.74, 6) is -0.534. The summed E-state index contributed by atoms with van der Waals surface area (Å²) >= 11 is 0. The van der Waals surface area contributed by atoms with Crippen LogP contribution >= 0.6 is 0 Å². The normalized spacial score (nSPS) is 10.9. The van der Waals surface area contributed by atoms with Crippen LogP contribution in [0.5, 0.6) is 5.75 Å². The Morgan fingerprint density at radius 3 is 2.50 bits per heavy atom. The first-order chi connectivity index (χ1) is 13.4. The van der Waals surface area contributed by atoms with Gasteiger partial charge in [0, 0.05) is 12.7 Å².